The van der Waals surface area contributed by atoms with E-state index in [2.05, 4.69) is 0 Å². The van der Waals surface area contributed by atoms with Gasteiger partial charge in [0.15, 0.2) is 95.0 Å². The summed E-state index contributed by atoms with van der Waals surface area (Å²) in [6, 6.07) is 16.1. The third kappa shape index (κ3) is 31.0. The van der Waals surface area contributed by atoms with Gasteiger partial charge in [0.25, 0.3) is 0 Å². The fourth-order valence-electron chi connectivity index (χ4n) is 15.4. The molecule has 4 aromatic rings. The number of Topliss-reactive ketones (excluding diaryl/α,β-unsaturated/α-hetero) is 4. The molecule has 50 nitrogen and oxygen atoms in total. The largest absolute Gasteiger partial charge is 0.507 e. The normalized spacial score (nSPS) is 23.9. The lowest BCUT2D eigenvalue weighted by atomic mass is 9.90. The number of hydrogen-bond donors (Lipinski definition) is 3. The Morgan fingerprint density at radius 3 is 0.980 bits per heavy atom. The average molecular weight is 2100 g/mol. The van der Waals surface area contributed by atoms with Gasteiger partial charge in [-0.25, -0.2) is 0 Å². The summed E-state index contributed by atoms with van der Waals surface area (Å²) < 4.78 is 129. The van der Waals surface area contributed by atoms with Crippen LogP contribution in [0.5, 0.6) is 23.0 Å². The van der Waals surface area contributed by atoms with Gasteiger partial charge in [0.1, 0.15) is 49.6 Å². The molecule has 0 spiro atoms. The number of esters is 15. The number of carbonyl (C=O) groups is 23. The van der Waals surface area contributed by atoms with Crippen molar-refractivity contribution in [1.29, 1.82) is 0 Å². The lowest BCUT2D eigenvalue weighted by Crippen LogP contribution is -2.63. The molecule has 808 valence electrons. The van der Waals surface area contributed by atoms with Gasteiger partial charge in [-0.2, -0.15) is 0 Å². The number of aromatic hydroxyl groups is 3. The zero-order valence-corrected chi connectivity index (χ0v) is 80.0. The highest BCUT2D eigenvalue weighted by molar-refractivity contribution is 6.27. The van der Waals surface area contributed by atoms with E-state index in [-0.39, 0.29) is 81.0 Å². The third-order valence-electron chi connectivity index (χ3n) is 20.8. The van der Waals surface area contributed by atoms with E-state index >= 15 is 0 Å². The Morgan fingerprint density at radius 2 is 0.604 bits per heavy atom. The van der Waals surface area contributed by atoms with E-state index in [1.165, 1.54) is 49.4 Å². The Morgan fingerprint density at radius 1 is 0.302 bits per heavy atom. The zero-order valence-electron chi connectivity index (χ0n) is 80.0. The highest BCUT2D eigenvalue weighted by atomic mass is 16.8. The number of ketones is 8. The molecular weight excluding hydrogens is 1990 g/mol. The van der Waals surface area contributed by atoms with Crippen molar-refractivity contribution in [2.24, 2.45) is 0 Å². The number of ether oxygens (including phenoxy) is 24. The van der Waals surface area contributed by atoms with Gasteiger partial charge in [0, 0.05) is 149 Å². The van der Waals surface area contributed by atoms with E-state index in [4.69, 9.17) is 114 Å². The molecule has 0 amide bonds. The van der Waals surface area contributed by atoms with Gasteiger partial charge in [-0.1, -0.05) is 84.3 Å². The number of phenols is 3. The maximum absolute atomic E-state index is 13.3. The number of carbonyl (C=O) groups excluding carboxylic acids is 23. The predicted octanol–water partition coefficient (Wildman–Crippen LogP) is 6.24. The smallest absolute Gasteiger partial charge is 0.303 e. The molecule has 0 saturated carbocycles. The molecule has 4 aromatic carbocycles. The Balaban J connectivity index is 0.000000347. The molecule has 12 rings (SSSR count). The molecule has 0 unspecified atom stereocenters. The van der Waals surface area contributed by atoms with Crippen LogP contribution in [-0.4, -0.2) is 301 Å². The highest BCUT2D eigenvalue weighted by Crippen LogP contribution is 2.47. The summed E-state index contributed by atoms with van der Waals surface area (Å²) in [7, 11) is 1.16. The number of phenolic OH excluding ortho intramolecular Hbond substituents is 3. The van der Waals surface area contributed by atoms with Crippen LogP contribution in [0.25, 0.3) is 0 Å². The van der Waals surface area contributed by atoms with Crippen molar-refractivity contribution in [1.82, 2.24) is 0 Å². The van der Waals surface area contributed by atoms with Gasteiger partial charge in [-0.15, -0.1) is 0 Å². The molecule has 8 aliphatic rings. The minimum atomic E-state index is -1.75. The standard InChI is InChI=1S/C25H26O14.C25H26O13.C24H24O13.C21H20O10.4CH4/c1-9-19(32)17-14(30)6-7-15(31)18(17)20(33)21(9)39-25-24(37-13(5)29)23(36-12(4)28)22(35-11(3)27)16(38-25)8-34-10(2)26;1-11(26)33-10-17-20(34-12(2)27)23(35-13(3)28)24(36-14(4)29)25(37-17)38-22-19(31)16-9-7-6-8-15(16)18(30)21(22)32-5;1-10(25)32-9-18-21(33-11(2)26)22(34-12(3)27)23(35-13(4)28)24(37-18)36-17-8-16(30)19-14(20(17)31)6-5-7-15(19)29;1-10(22)28-17-9-27-21(20(30-12(3)24)19(17)29-11(2)23)31-16-8-15(25)13-6-4-5-7-14(13)18(16)26;;;;/h6-7,16,22-25,32-33H,8H2,1-5H3;6-9,17,20,23-25H,10H2,1-5H3;5-8,18,21-24,29H,9H2,1-4H3;4-8,17,19-21H,9H2,1-3H3;4*1H4/t16-,22-,23+,24-,25+;17-,20-,23+,24-,25+;18-,21-,22+,23-,24-;17-,19+,20-,21+;;;;/m1111..../s1. The molecule has 149 heavy (non-hydrogen) atoms. The van der Waals surface area contributed by atoms with Gasteiger partial charge in [-0.05, 0) is 31.2 Å². The van der Waals surface area contributed by atoms with Crippen molar-refractivity contribution in [3.8, 4) is 23.0 Å². The molecule has 50 heteroatoms. The predicted molar refractivity (Wildman–Crippen MR) is 493 cm³/mol. The molecular formula is C99H112O50. The minimum absolute atomic E-state index is 0. The van der Waals surface area contributed by atoms with Crippen LogP contribution in [0.3, 0.4) is 0 Å². The molecule has 19 atom stereocenters. The molecule has 4 aliphatic carbocycles. The van der Waals surface area contributed by atoms with Crippen LogP contribution in [-0.2, 0) is 181 Å². The summed E-state index contributed by atoms with van der Waals surface area (Å²) in [5.74, 6) is -21.6. The van der Waals surface area contributed by atoms with Gasteiger partial charge < -0.3 is 129 Å². The molecule has 4 aliphatic heterocycles. The van der Waals surface area contributed by atoms with Crippen LogP contribution in [0, 0.1) is 6.92 Å². The molecule has 4 fully saturated rings. The molecule has 4 heterocycles. The summed E-state index contributed by atoms with van der Waals surface area (Å²) in [5, 5.41) is 31.6. The van der Waals surface area contributed by atoms with Crippen molar-refractivity contribution >= 4 is 136 Å². The number of benzene rings is 4. The quantitative estimate of drug-likeness (QED) is 0.0337. The number of allylic oxidation sites excluding steroid dienone is 8. The molecule has 0 radical (unpaired) electrons. The summed E-state index contributed by atoms with van der Waals surface area (Å²) in [5.41, 5.74) is -1.03. The lowest BCUT2D eigenvalue weighted by molar-refractivity contribution is -0.299. The number of fused-ring (bicyclic) bond motifs is 4. The van der Waals surface area contributed by atoms with E-state index in [0.29, 0.717) is 0 Å². The Labute approximate surface area is 849 Å². The van der Waals surface area contributed by atoms with Gasteiger partial charge in [-0.3, -0.25) is 110 Å². The van der Waals surface area contributed by atoms with Crippen LogP contribution < -0.4 is 4.74 Å². The van der Waals surface area contributed by atoms with Gasteiger partial charge in [0.2, 0.25) is 84.2 Å². The first-order valence-corrected chi connectivity index (χ1v) is 43.3. The summed E-state index contributed by atoms with van der Waals surface area (Å²) in [6.07, 6.45) is -24.3. The highest BCUT2D eigenvalue weighted by Gasteiger charge is 2.59. The second-order valence-electron chi connectivity index (χ2n) is 31.9. The van der Waals surface area contributed by atoms with Crippen LogP contribution in [0.2, 0.25) is 0 Å². The SMILES string of the molecule is C.C.C.C.CC(=O)OC[C@H]1O[C@@H](OC2=CC(=O)c3c(O)cccc3C2=O)[C@H](OC(C)=O)[C@@H](OC(C)=O)[C@@H]1OC(C)=O.CC(=O)OC[C@H]1O[C@@H](Oc2c(C)c(O)c3c(c2O)C(=O)C=CC3=O)[C@H](OC(C)=O)[C@@H](OC(C)=O)[C@@H]1OC(C)=O.CC(=O)O[C@@H]1[C@@H](OC(C)=O)[C@H](OC2=CC(=O)c3ccccc3C2=O)OC[C@H]1OC(C)=O.COC1=C(O[C@@H]2O[C@H](COC(C)=O)[C@@H](OC(C)=O)[C@H](OC(C)=O)[C@H]2OC(C)=O)C(=O)c2ccccc2C1=O. The fourth-order valence-corrected chi connectivity index (χ4v) is 15.4. The van der Waals surface area contributed by atoms with E-state index in [9.17, 15) is 126 Å². The zero-order chi connectivity index (χ0) is 107. The molecule has 3 N–H and O–H groups in total. The summed E-state index contributed by atoms with van der Waals surface area (Å²) >= 11 is 0. The second-order valence-corrected chi connectivity index (χ2v) is 31.9. The first kappa shape index (κ1) is 123. The monoisotopic (exact) mass is 2100 g/mol. The number of hydrogen-bond acceptors (Lipinski definition) is 50. The maximum atomic E-state index is 13.3. The van der Waals surface area contributed by atoms with Crippen LogP contribution in [0.4, 0.5) is 0 Å². The summed E-state index contributed by atoms with van der Waals surface area (Å²) in [4.78, 5) is 278. The topological polar surface area (TPSA) is 675 Å². The summed E-state index contributed by atoms with van der Waals surface area (Å²) in [6.45, 7) is 15.7. The van der Waals surface area contributed by atoms with Crippen molar-refractivity contribution in [3.63, 3.8) is 0 Å². The number of methoxy groups -OCH3 is 1. The number of rotatable bonds is 27. The van der Waals surface area contributed by atoms with Gasteiger partial charge in [0.05, 0.1) is 30.4 Å². The molecule has 0 aromatic heterocycles. The van der Waals surface area contributed by atoms with Crippen molar-refractivity contribution in [2.75, 3.05) is 33.5 Å². The molecule has 4 saturated heterocycles. The van der Waals surface area contributed by atoms with E-state index in [1.807, 2.05) is 0 Å². The van der Waals surface area contributed by atoms with Crippen LogP contribution >= 0.6 is 0 Å². The lowest BCUT2D eigenvalue weighted by Gasteiger charge is -2.44. The Bertz CT molecular complexity index is 6000. The Hall–Kier alpha value is -16.5. The van der Waals surface area contributed by atoms with Crippen molar-refractivity contribution < 1.29 is 239 Å². The first-order chi connectivity index (χ1) is 68.2. The van der Waals surface area contributed by atoms with Crippen molar-refractivity contribution in [2.45, 2.75) is 257 Å². The van der Waals surface area contributed by atoms with Crippen LogP contribution in [0.1, 0.15) is 222 Å². The Kier molecular flexibility index (Phi) is 44.6. The maximum Gasteiger partial charge on any atom is 0.303 e. The fraction of sp³-hybridized carbons (Fsp3) is 0.444. The molecule has 0 bridgehead atoms. The van der Waals surface area contributed by atoms with Crippen molar-refractivity contribution in [3.05, 3.63) is 164 Å². The third-order valence-corrected chi connectivity index (χ3v) is 20.8. The minimum Gasteiger partial charge on any atom is -0.507 e. The second kappa shape index (κ2) is 54.1. The van der Waals surface area contributed by atoms with E-state index < -0.39 is 324 Å². The first-order valence-electron chi connectivity index (χ1n) is 43.3. The van der Waals surface area contributed by atoms with E-state index in [0.717, 1.165) is 135 Å². The van der Waals surface area contributed by atoms with E-state index in [1.54, 1.807) is 24.3 Å². The van der Waals surface area contributed by atoms with Crippen LogP contribution in [0.15, 0.2) is 114 Å². The average Bonchev–Trinajstić information content (AvgIpc) is 0.774. The van der Waals surface area contributed by atoms with Gasteiger partial charge >= 0.3 is 89.5 Å².